The standard InChI is InChI=1S/C16H24N2S/c1-16(2)10-8-12(9-11-16)18(3)14-7-5-4-6-13(14)15(17)19/h4-7,12H,8-11H2,1-3H3,(H2,17,19). The second-order valence-electron chi connectivity index (χ2n) is 6.39. The van der Waals surface area contributed by atoms with Crippen molar-refractivity contribution in [2.24, 2.45) is 11.1 Å². The third kappa shape index (κ3) is 3.27. The molecule has 2 rings (SSSR count). The summed E-state index contributed by atoms with van der Waals surface area (Å²) >= 11 is 5.16. The Morgan fingerprint density at radius 1 is 1.26 bits per heavy atom. The lowest BCUT2D eigenvalue weighted by Crippen LogP contribution is -2.38. The van der Waals surface area contributed by atoms with Crippen molar-refractivity contribution in [3.8, 4) is 0 Å². The number of thiocarbonyl (C=S) groups is 1. The largest absolute Gasteiger partial charge is 0.389 e. The topological polar surface area (TPSA) is 29.3 Å². The van der Waals surface area contributed by atoms with E-state index in [1.165, 1.54) is 31.4 Å². The Morgan fingerprint density at radius 3 is 2.42 bits per heavy atom. The summed E-state index contributed by atoms with van der Waals surface area (Å²) in [6.45, 7) is 4.73. The van der Waals surface area contributed by atoms with Crippen LogP contribution in [0, 0.1) is 5.41 Å². The van der Waals surface area contributed by atoms with Crippen LogP contribution in [-0.4, -0.2) is 18.1 Å². The lowest BCUT2D eigenvalue weighted by Gasteiger charge is -2.40. The Labute approximate surface area is 122 Å². The van der Waals surface area contributed by atoms with Crippen LogP contribution >= 0.6 is 12.2 Å². The minimum atomic E-state index is 0.485. The third-order valence-electron chi connectivity index (χ3n) is 4.41. The molecule has 0 unspecified atom stereocenters. The van der Waals surface area contributed by atoms with E-state index in [0.29, 0.717) is 16.4 Å². The molecule has 19 heavy (non-hydrogen) atoms. The lowest BCUT2D eigenvalue weighted by atomic mass is 9.75. The van der Waals surface area contributed by atoms with Crippen molar-refractivity contribution < 1.29 is 0 Å². The van der Waals surface area contributed by atoms with E-state index < -0.39 is 0 Å². The van der Waals surface area contributed by atoms with Crippen LogP contribution in [0.25, 0.3) is 0 Å². The molecular formula is C16H24N2S. The first-order valence-corrected chi connectivity index (χ1v) is 7.43. The lowest BCUT2D eigenvalue weighted by molar-refractivity contribution is 0.222. The highest BCUT2D eigenvalue weighted by Crippen LogP contribution is 2.38. The molecule has 104 valence electrons. The average Bonchev–Trinajstić information content (AvgIpc) is 2.38. The Morgan fingerprint density at radius 2 is 1.84 bits per heavy atom. The predicted octanol–water partition coefficient (Wildman–Crippen LogP) is 3.73. The maximum absolute atomic E-state index is 5.83. The molecule has 0 saturated heterocycles. The maximum Gasteiger partial charge on any atom is 0.106 e. The number of rotatable bonds is 3. The monoisotopic (exact) mass is 276 g/mol. The summed E-state index contributed by atoms with van der Waals surface area (Å²) in [6, 6.07) is 8.79. The summed E-state index contributed by atoms with van der Waals surface area (Å²) < 4.78 is 0. The van der Waals surface area contributed by atoms with Crippen molar-refractivity contribution in [3.63, 3.8) is 0 Å². The van der Waals surface area contributed by atoms with Crippen LogP contribution < -0.4 is 10.6 Å². The quantitative estimate of drug-likeness (QED) is 0.853. The van der Waals surface area contributed by atoms with Gasteiger partial charge in [-0.3, -0.25) is 0 Å². The second kappa shape index (κ2) is 5.49. The van der Waals surface area contributed by atoms with Crippen LogP contribution in [0.1, 0.15) is 45.1 Å². The van der Waals surface area contributed by atoms with Gasteiger partial charge in [0.2, 0.25) is 0 Å². The minimum absolute atomic E-state index is 0.485. The van der Waals surface area contributed by atoms with Crippen molar-refractivity contribution in [2.75, 3.05) is 11.9 Å². The molecule has 0 atom stereocenters. The van der Waals surface area contributed by atoms with E-state index in [4.69, 9.17) is 18.0 Å². The summed E-state index contributed by atoms with van der Waals surface area (Å²) in [5, 5.41) is 0. The molecule has 0 aliphatic heterocycles. The molecule has 2 nitrogen and oxygen atoms in total. The van der Waals surface area contributed by atoms with Crippen LogP contribution in [-0.2, 0) is 0 Å². The number of para-hydroxylation sites is 1. The Balaban J connectivity index is 2.17. The molecule has 0 bridgehead atoms. The Kier molecular flexibility index (Phi) is 4.14. The van der Waals surface area contributed by atoms with E-state index >= 15 is 0 Å². The van der Waals surface area contributed by atoms with Gasteiger partial charge in [0.15, 0.2) is 0 Å². The molecule has 1 saturated carbocycles. The summed E-state index contributed by atoms with van der Waals surface area (Å²) in [7, 11) is 2.17. The molecule has 0 amide bonds. The summed E-state index contributed by atoms with van der Waals surface area (Å²) in [5.74, 6) is 0. The van der Waals surface area contributed by atoms with Gasteiger partial charge in [0.25, 0.3) is 0 Å². The van der Waals surface area contributed by atoms with Crippen molar-refractivity contribution in [3.05, 3.63) is 29.8 Å². The molecule has 0 heterocycles. The number of nitrogens with two attached hydrogens (primary N) is 1. The molecule has 0 spiro atoms. The Hall–Kier alpha value is -1.09. The van der Waals surface area contributed by atoms with Gasteiger partial charge >= 0.3 is 0 Å². The number of benzene rings is 1. The van der Waals surface area contributed by atoms with E-state index in [1.54, 1.807) is 0 Å². The van der Waals surface area contributed by atoms with E-state index in [9.17, 15) is 0 Å². The molecule has 3 heteroatoms. The first-order valence-electron chi connectivity index (χ1n) is 7.02. The second-order valence-corrected chi connectivity index (χ2v) is 6.83. The summed E-state index contributed by atoms with van der Waals surface area (Å²) in [4.78, 5) is 2.85. The van der Waals surface area contributed by atoms with E-state index in [0.717, 1.165) is 5.56 Å². The van der Waals surface area contributed by atoms with E-state index in [-0.39, 0.29) is 0 Å². The highest BCUT2D eigenvalue weighted by atomic mass is 32.1. The molecule has 2 N–H and O–H groups in total. The number of anilines is 1. The fourth-order valence-corrected chi connectivity index (χ4v) is 3.13. The highest BCUT2D eigenvalue weighted by molar-refractivity contribution is 7.80. The minimum Gasteiger partial charge on any atom is -0.389 e. The highest BCUT2D eigenvalue weighted by Gasteiger charge is 2.29. The zero-order chi connectivity index (χ0) is 14.0. The molecule has 1 aliphatic carbocycles. The molecule has 0 aromatic heterocycles. The first-order chi connectivity index (χ1) is 8.91. The van der Waals surface area contributed by atoms with Crippen LogP contribution in [0.15, 0.2) is 24.3 Å². The summed E-state index contributed by atoms with van der Waals surface area (Å²) in [6.07, 6.45) is 5.07. The van der Waals surface area contributed by atoms with Gasteiger partial charge in [-0.2, -0.15) is 0 Å². The first kappa shape index (κ1) is 14.3. The van der Waals surface area contributed by atoms with E-state index in [1.807, 2.05) is 12.1 Å². The number of nitrogens with zero attached hydrogens (tertiary/aromatic N) is 1. The van der Waals surface area contributed by atoms with Gasteiger partial charge in [-0.05, 0) is 43.2 Å². The van der Waals surface area contributed by atoms with Crippen LogP contribution in [0.2, 0.25) is 0 Å². The van der Waals surface area contributed by atoms with Crippen LogP contribution in [0.3, 0.4) is 0 Å². The third-order valence-corrected chi connectivity index (χ3v) is 4.63. The van der Waals surface area contributed by atoms with Crippen molar-refractivity contribution in [1.29, 1.82) is 0 Å². The summed E-state index contributed by atoms with van der Waals surface area (Å²) in [5.41, 5.74) is 8.49. The fraction of sp³-hybridized carbons (Fsp3) is 0.562. The molecular weight excluding hydrogens is 252 g/mol. The van der Waals surface area contributed by atoms with Gasteiger partial charge < -0.3 is 10.6 Å². The maximum atomic E-state index is 5.83. The molecule has 1 fully saturated rings. The zero-order valence-corrected chi connectivity index (χ0v) is 13.0. The fourth-order valence-electron chi connectivity index (χ4n) is 2.96. The molecule has 1 aromatic carbocycles. The van der Waals surface area contributed by atoms with Crippen molar-refractivity contribution in [1.82, 2.24) is 0 Å². The smallest absolute Gasteiger partial charge is 0.106 e. The average molecular weight is 276 g/mol. The van der Waals surface area contributed by atoms with Gasteiger partial charge in [0.05, 0.1) is 0 Å². The normalized spacial score (nSPS) is 19.1. The van der Waals surface area contributed by atoms with Crippen LogP contribution in [0.5, 0.6) is 0 Å². The molecule has 1 aromatic rings. The number of hydrogen-bond donors (Lipinski definition) is 1. The van der Waals surface area contributed by atoms with Gasteiger partial charge in [0.1, 0.15) is 4.99 Å². The van der Waals surface area contributed by atoms with Crippen molar-refractivity contribution in [2.45, 2.75) is 45.6 Å². The molecule has 0 radical (unpaired) electrons. The van der Waals surface area contributed by atoms with E-state index in [2.05, 4.69) is 37.9 Å². The number of hydrogen-bond acceptors (Lipinski definition) is 2. The van der Waals surface area contributed by atoms with Crippen LogP contribution in [0.4, 0.5) is 5.69 Å². The zero-order valence-electron chi connectivity index (χ0n) is 12.1. The SMILES string of the molecule is CN(c1ccccc1C(N)=S)C1CCC(C)(C)CC1. The van der Waals surface area contributed by atoms with Crippen molar-refractivity contribution >= 4 is 22.9 Å². The van der Waals surface area contributed by atoms with Gasteiger partial charge in [0, 0.05) is 24.3 Å². The van der Waals surface area contributed by atoms with Gasteiger partial charge in [-0.15, -0.1) is 0 Å². The Bertz CT molecular complexity index is 458. The van der Waals surface area contributed by atoms with Gasteiger partial charge in [-0.1, -0.05) is 38.2 Å². The molecule has 1 aliphatic rings. The van der Waals surface area contributed by atoms with Gasteiger partial charge in [-0.25, -0.2) is 0 Å². The predicted molar refractivity (Wildman–Crippen MR) is 86.8 cm³/mol.